The molecule has 2 N–H and O–H groups in total. The quantitative estimate of drug-likeness (QED) is 0.826. The predicted octanol–water partition coefficient (Wildman–Crippen LogP) is 2.81. The van der Waals surface area contributed by atoms with E-state index in [1.807, 2.05) is 13.0 Å². The van der Waals surface area contributed by atoms with Crippen molar-refractivity contribution in [3.63, 3.8) is 0 Å². The van der Waals surface area contributed by atoms with Gasteiger partial charge in [-0.2, -0.15) is 0 Å². The average Bonchev–Trinajstić information content (AvgIpc) is 2.03. The summed E-state index contributed by atoms with van der Waals surface area (Å²) in [6.07, 6.45) is 4.34. The molecule has 0 aromatic carbocycles. The summed E-state index contributed by atoms with van der Waals surface area (Å²) < 4.78 is 0.960. The van der Waals surface area contributed by atoms with Crippen LogP contribution in [0, 0.1) is 0 Å². The molecule has 0 aliphatic rings. The zero-order valence-corrected chi connectivity index (χ0v) is 9.21. The first-order valence-electron chi connectivity index (χ1n) is 4.10. The van der Waals surface area contributed by atoms with E-state index in [-0.39, 0.29) is 6.04 Å². The molecule has 0 aliphatic carbocycles. The van der Waals surface area contributed by atoms with E-state index in [2.05, 4.69) is 27.5 Å². The van der Waals surface area contributed by atoms with E-state index in [1.165, 1.54) is 0 Å². The van der Waals surface area contributed by atoms with Gasteiger partial charge in [0.25, 0.3) is 0 Å². The van der Waals surface area contributed by atoms with Crippen LogP contribution in [0.15, 0.2) is 35.1 Å². The molecule has 0 unspecified atom stereocenters. The second-order valence-corrected chi connectivity index (χ2v) is 4.12. The summed E-state index contributed by atoms with van der Waals surface area (Å²) in [5, 5.41) is 0. The Kier molecular flexibility index (Phi) is 3.63. The largest absolute Gasteiger partial charge is 0.324 e. The third kappa shape index (κ3) is 3.28. The Labute approximate surface area is 87.0 Å². The number of nitrogens with two attached hydrogens (primary N) is 1. The highest BCUT2D eigenvalue weighted by molar-refractivity contribution is 9.10. The number of halogens is 1. The van der Waals surface area contributed by atoms with Crippen molar-refractivity contribution in [2.45, 2.75) is 19.4 Å². The third-order valence-corrected chi connectivity index (χ3v) is 2.16. The van der Waals surface area contributed by atoms with Crippen molar-refractivity contribution in [2.24, 2.45) is 5.73 Å². The Balaban J connectivity index is 2.76. The molecule has 0 saturated heterocycles. The number of hydrogen-bond acceptors (Lipinski definition) is 2. The number of nitrogens with zero attached hydrogens (tertiary/aromatic N) is 1. The van der Waals surface area contributed by atoms with E-state index in [0.717, 1.165) is 22.0 Å². The molecule has 13 heavy (non-hydrogen) atoms. The normalized spacial score (nSPS) is 12.5. The molecule has 0 bridgehead atoms. The minimum Gasteiger partial charge on any atom is -0.324 e. The van der Waals surface area contributed by atoms with Gasteiger partial charge in [-0.3, -0.25) is 4.98 Å². The van der Waals surface area contributed by atoms with Crippen LogP contribution >= 0.6 is 15.9 Å². The van der Waals surface area contributed by atoms with Crippen molar-refractivity contribution in [1.29, 1.82) is 0 Å². The highest BCUT2D eigenvalue weighted by Crippen LogP contribution is 2.19. The first kappa shape index (κ1) is 10.4. The molecule has 0 fully saturated rings. The summed E-state index contributed by atoms with van der Waals surface area (Å²) in [5.41, 5.74) is 8.07. The maximum absolute atomic E-state index is 5.94. The van der Waals surface area contributed by atoms with Crippen LogP contribution < -0.4 is 5.73 Å². The Hall–Kier alpha value is -0.670. The molecular formula is C10H13BrN2. The van der Waals surface area contributed by atoms with Gasteiger partial charge in [-0.25, -0.2) is 0 Å². The van der Waals surface area contributed by atoms with E-state index in [1.54, 1.807) is 12.4 Å². The lowest BCUT2D eigenvalue weighted by molar-refractivity contribution is 0.713. The standard InChI is InChI=1S/C10H13BrN2/c1-7(2)3-10(12)8-4-9(11)6-13-5-8/h4-6,10H,1,3,12H2,2H3/t10-/m0/s1. The minimum absolute atomic E-state index is 0.00231. The van der Waals surface area contributed by atoms with E-state index in [0.29, 0.717) is 0 Å². The van der Waals surface area contributed by atoms with Crippen LogP contribution in [0.3, 0.4) is 0 Å². The molecule has 1 aromatic rings. The maximum Gasteiger partial charge on any atom is 0.0410 e. The molecule has 0 saturated carbocycles. The van der Waals surface area contributed by atoms with Crippen LogP contribution in [0.4, 0.5) is 0 Å². The Morgan fingerprint density at radius 1 is 1.69 bits per heavy atom. The molecule has 1 atom stereocenters. The van der Waals surface area contributed by atoms with Crippen molar-refractivity contribution >= 4 is 15.9 Å². The molecule has 0 aliphatic heterocycles. The molecule has 1 heterocycles. The van der Waals surface area contributed by atoms with Gasteiger partial charge in [0.15, 0.2) is 0 Å². The lowest BCUT2D eigenvalue weighted by atomic mass is 10.0. The van der Waals surface area contributed by atoms with E-state index in [4.69, 9.17) is 5.73 Å². The van der Waals surface area contributed by atoms with Gasteiger partial charge in [0.1, 0.15) is 0 Å². The zero-order chi connectivity index (χ0) is 9.84. The molecule has 0 amide bonds. The summed E-state index contributed by atoms with van der Waals surface area (Å²) in [4.78, 5) is 4.06. The van der Waals surface area contributed by atoms with E-state index in [9.17, 15) is 0 Å². The molecule has 0 radical (unpaired) electrons. The lowest BCUT2D eigenvalue weighted by Gasteiger charge is -2.11. The summed E-state index contributed by atoms with van der Waals surface area (Å²) in [6.45, 7) is 5.81. The molecule has 3 heteroatoms. The summed E-state index contributed by atoms with van der Waals surface area (Å²) >= 11 is 3.36. The Morgan fingerprint density at radius 3 is 2.92 bits per heavy atom. The monoisotopic (exact) mass is 240 g/mol. The van der Waals surface area contributed by atoms with E-state index < -0.39 is 0 Å². The first-order valence-corrected chi connectivity index (χ1v) is 4.89. The molecule has 1 rings (SSSR count). The van der Waals surface area contributed by atoms with Crippen molar-refractivity contribution in [1.82, 2.24) is 4.98 Å². The highest BCUT2D eigenvalue weighted by atomic mass is 79.9. The highest BCUT2D eigenvalue weighted by Gasteiger charge is 2.06. The number of aromatic nitrogens is 1. The fourth-order valence-electron chi connectivity index (χ4n) is 1.12. The van der Waals surface area contributed by atoms with Crippen molar-refractivity contribution in [2.75, 3.05) is 0 Å². The maximum atomic E-state index is 5.94. The second-order valence-electron chi connectivity index (χ2n) is 3.20. The van der Waals surface area contributed by atoms with Crippen molar-refractivity contribution < 1.29 is 0 Å². The topological polar surface area (TPSA) is 38.9 Å². The smallest absolute Gasteiger partial charge is 0.0410 e. The van der Waals surface area contributed by atoms with Crippen LogP contribution in [0.1, 0.15) is 24.9 Å². The SMILES string of the molecule is C=C(C)C[C@H](N)c1cncc(Br)c1. The van der Waals surface area contributed by atoms with Gasteiger partial charge in [-0.15, -0.1) is 6.58 Å². The lowest BCUT2D eigenvalue weighted by Crippen LogP contribution is -2.10. The number of rotatable bonds is 3. The third-order valence-electron chi connectivity index (χ3n) is 1.72. The van der Waals surface area contributed by atoms with Crippen LogP contribution in [-0.4, -0.2) is 4.98 Å². The Morgan fingerprint density at radius 2 is 2.38 bits per heavy atom. The van der Waals surface area contributed by atoms with Crippen molar-refractivity contribution in [3.05, 3.63) is 40.6 Å². The molecule has 2 nitrogen and oxygen atoms in total. The molecule has 1 aromatic heterocycles. The van der Waals surface area contributed by atoms with Gasteiger partial charge in [-0.05, 0) is 40.9 Å². The van der Waals surface area contributed by atoms with Crippen LogP contribution in [-0.2, 0) is 0 Å². The van der Waals surface area contributed by atoms with Crippen LogP contribution in [0.2, 0.25) is 0 Å². The minimum atomic E-state index is 0.00231. The second kappa shape index (κ2) is 4.53. The van der Waals surface area contributed by atoms with Gasteiger partial charge in [0.2, 0.25) is 0 Å². The summed E-state index contributed by atoms with van der Waals surface area (Å²) in [7, 11) is 0. The van der Waals surface area contributed by atoms with Crippen molar-refractivity contribution in [3.8, 4) is 0 Å². The Bertz CT molecular complexity index is 310. The number of pyridine rings is 1. The predicted molar refractivity (Wildman–Crippen MR) is 58.3 cm³/mol. The van der Waals surface area contributed by atoms with Gasteiger partial charge in [0, 0.05) is 22.9 Å². The van der Waals surface area contributed by atoms with E-state index >= 15 is 0 Å². The number of hydrogen-bond donors (Lipinski definition) is 1. The van der Waals surface area contributed by atoms with Gasteiger partial charge in [-0.1, -0.05) is 5.57 Å². The molecule has 70 valence electrons. The van der Waals surface area contributed by atoms with Gasteiger partial charge < -0.3 is 5.73 Å². The van der Waals surface area contributed by atoms with Gasteiger partial charge >= 0.3 is 0 Å². The zero-order valence-electron chi connectivity index (χ0n) is 7.63. The first-order chi connectivity index (χ1) is 6.09. The summed E-state index contributed by atoms with van der Waals surface area (Å²) in [5.74, 6) is 0. The fourth-order valence-corrected chi connectivity index (χ4v) is 1.51. The van der Waals surface area contributed by atoms with Crippen LogP contribution in [0.5, 0.6) is 0 Å². The fraction of sp³-hybridized carbons (Fsp3) is 0.300. The molecule has 0 spiro atoms. The van der Waals surface area contributed by atoms with Gasteiger partial charge in [0.05, 0.1) is 0 Å². The average molecular weight is 241 g/mol. The van der Waals surface area contributed by atoms with Crippen LogP contribution in [0.25, 0.3) is 0 Å². The summed E-state index contributed by atoms with van der Waals surface area (Å²) in [6, 6.07) is 1.99. The molecular weight excluding hydrogens is 228 g/mol.